The number of likely N-dealkylation sites (tertiary alicyclic amines) is 1. The summed E-state index contributed by atoms with van der Waals surface area (Å²) in [4.78, 5) is 13.3. The van der Waals surface area contributed by atoms with Gasteiger partial charge in [0.1, 0.15) is 0 Å². The van der Waals surface area contributed by atoms with Crippen molar-refractivity contribution in [1.82, 2.24) is 4.90 Å². The molecular formula is C9H17NO2S. The average Bonchev–Trinajstić information content (AvgIpc) is 2.17. The van der Waals surface area contributed by atoms with Gasteiger partial charge in [-0.2, -0.15) is 12.6 Å². The van der Waals surface area contributed by atoms with Gasteiger partial charge in [-0.15, -0.1) is 0 Å². The Hall–Kier alpha value is -0.220. The molecule has 1 aliphatic rings. The van der Waals surface area contributed by atoms with Crippen molar-refractivity contribution in [1.29, 1.82) is 0 Å². The van der Waals surface area contributed by atoms with E-state index >= 15 is 0 Å². The van der Waals surface area contributed by atoms with Crippen LogP contribution in [0.1, 0.15) is 19.8 Å². The summed E-state index contributed by atoms with van der Waals surface area (Å²) in [5, 5.41) is 8.70. The SMILES string of the molecule is CC(S)C(=O)N1CCC(CO)CC1. The van der Waals surface area contributed by atoms with Crippen molar-refractivity contribution < 1.29 is 9.90 Å². The van der Waals surface area contributed by atoms with Gasteiger partial charge in [0.05, 0.1) is 5.25 Å². The number of nitrogens with zero attached hydrogens (tertiary/aromatic N) is 1. The first kappa shape index (κ1) is 10.9. The fraction of sp³-hybridized carbons (Fsp3) is 0.889. The molecule has 0 aliphatic carbocycles. The number of aliphatic hydroxyl groups excluding tert-OH is 1. The molecule has 0 aromatic heterocycles. The third-order valence-electron chi connectivity index (χ3n) is 2.54. The molecule has 1 N–H and O–H groups in total. The van der Waals surface area contributed by atoms with Crippen LogP contribution >= 0.6 is 12.6 Å². The lowest BCUT2D eigenvalue weighted by atomic mass is 9.98. The van der Waals surface area contributed by atoms with Crippen molar-refractivity contribution >= 4 is 18.5 Å². The molecule has 0 bridgehead atoms. The number of piperidine rings is 1. The second-order valence-electron chi connectivity index (χ2n) is 3.63. The Morgan fingerprint density at radius 2 is 2.15 bits per heavy atom. The highest BCUT2D eigenvalue weighted by molar-refractivity contribution is 7.81. The van der Waals surface area contributed by atoms with Crippen LogP contribution in [0.25, 0.3) is 0 Å². The first-order valence-electron chi connectivity index (χ1n) is 4.73. The maximum atomic E-state index is 11.5. The Morgan fingerprint density at radius 1 is 1.62 bits per heavy atom. The van der Waals surface area contributed by atoms with Crippen LogP contribution in [0.4, 0.5) is 0 Å². The van der Waals surface area contributed by atoms with Gasteiger partial charge in [-0.3, -0.25) is 4.79 Å². The summed E-state index contributed by atoms with van der Waals surface area (Å²) < 4.78 is 0. The molecular weight excluding hydrogens is 186 g/mol. The molecule has 76 valence electrons. The van der Waals surface area contributed by atoms with Crippen molar-refractivity contribution in [3.63, 3.8) is 0 Å². The van der Waals surface area contributed by atoms with Crippen molar-refractivity contribution in [2.75, 3.05) is 19.7 Å². The lowest BCUT2D eigenvalue weighted by Crippen LogP contribution is -2.42. The van der Waals surface area contributed by atoms with E-state index < -0.39 is 0 Å². The fourth-order valence-corrected chi connectivity index (χ4v) is 1.76. The Morgan fingerprint density at radius 3 is 2.54 bits per heavy atom. The molecule has 1 fully saturated rings. The smallest absolute Gasteiger partial charge is 0.235 e. The highest BCUT2D eigenvalue weighted by Gasteiger charge is 2.23. The second kappa shape index (κ2) is 4.86. The summed E-state index contributed by atoms with van der Waals surface area (Å²) in [6.45, 7) is 3.59. The number of thiol groups is 1. The lowest BCUT2D eigenvalue weighted by molar-refractivity contribution is -0.131. The third kappa shape index (κ3) is 2.88. The molecule has 1 rings (SSSR count). The molecule has 0 spiro atoms. The molecule has 0 aromatic rings. The number of hydrogen-bond acceptors (Lipinski definition) is 3. The first-order valence-corrected chi connectivity index (χ1v) is 5.24. The largest absolute Gasteiger partial charge is 0.396 e. The summed E-state index contributed by atoms with van der Waals surface area (Å²) in [5.41, 5.74) is 0. The van der Waals surface area contributed by atoms with Gasteiger partial charge in [0.25, 0.3) is 0 Å². The summed E-state index contributed by atoms with van der Waals surface area (Å²) in [6.07, 6.45) is 1.84. The van der Waals surface area contributed by atoms with E-state index in [2.05, 4.69) is 12.6 Å². The van der Waals surface area contributed by atoms with Crippen molar-refractivity contribution in [3.05, 3.63) is 0 Å². The van der Waals surface area contributed by atoms with Crippen LogP contribution in [0.5, 0.6) is 0 Å². The van der Waals surface area contributed by atoms with Crippen molar-refractivity contribution in [2.24, 2.45) is 5.92 Å². The topological polar surface area (TPSA) is 40.5 Å². The fourth-order valence-electron chi connectivity index (χ4n) is 1.60. The van der Waals surface area contributed by atoms with Gasteiger partial charge in [0.2, 0.25) is 5.91 Å². The van der Waals surface area contributed by atoms with Gasteiger partial charge in [-0.05, 0) is 25.7 Å². The number of aliphatic hydroxyl groups is 1. The highest BCUT2D eigenvalue weighted by atomic mass is 32.1. The lowest BCUT2D eigenvalue weighted by Gasteiger charge is -2.32. The quantitative estimate of drug-likeness (QED) is 0.643. The molecule has 1 atom stereocenters. The summed E-state index contributed by atoms with van der Waals surface area (Å²) in [5.74, 6) is 0.499. The van der Waals surface area contributed by atoms with Gasteiger partial charge < -0.3 is 10.0 Å². The van der Waals surface area contributed by atoms with E-state index in [1.54, 1.807) is 6.92 Å². The number of carbonyl (C=O) groups is 1. The zero-order chi connectivity index (χ0) is 9.84. The summed E-state index contributed by atoms with van der Waals surface area (Å²) >= 11 is 4.11. The minimum absolute atomic E-state index is 0.111. The minimum Gasteiger partial charge on any atom is -0.396 e. The summed E-state index contributed by atoms with van der Waals surface area (Å²) in [7, 11) is 0. The zero-order valence-corrected chi connectivity index (χ0v) is 8.83. The molecule has 0 saturated carbocycles. The van der Waals surface area contributed by atoms with E-state index in [-0.39, 0.29) is 17.8 Å². The molecule has 0 radical (unpaired) electrons. The first-order chi connectivity index (χ1) is 6.15. The number of hydrogen-bond donors (Lipinski definition) is 2. The van der Waals surface area contributed by atoms with Gasteiger partial charge in [0.15, 0.2) is 0 Å². The van der Waals surface area contributed by atoms with Gasteiger partial charge in [-0.25, -0.2) is 0 Å². The van der Waals surface area contributed by atoms with E-state index in [0.717, 1.165) is 25.9 Å². The molecule has 1 unspecified atom stereocenters. The standard InChI is InChI=1S/C9H17NO2S/c1-7(13)9(12)10-4-2-8(6-11)3-5-10/h7-8,11,13H,2-6H2,1H3. The maximum absolute atomic E-state index is 11.5. The van der Waals surface area contributed by atoms with Crippen LogP contribution < -0.4 is 0 Å². The van der Waals surface area contributed by atoms with E-state index in [0.29, 0.717) is 5.92 Å². The molecule has 1 saturated heterocycles. The highest BCUT2D eigenvalue weighted by Crippen LogP contribution is 2.17. The van der Waals surface area contributed by atoms with Crippen LogP contribution in [0, 0.1) is 5.92 Å². The van der Waals surface area contributed by atoms with Gasteiger partial charge in [-0.1, -0.05) is 0 Å². The van der Waals surface area contributed by atoms with Gasteiger partial charge in [0, 0.05) is 19.7 Å². The molecule has 0 aromatic carbocycles. The molecule has 13 heavy (non-hydrogen) atoms. The molecule has 1 amide bonds. The minimum atomic E-state index is -0.203. The van der Waals surface area contributed by atoms with Crippen LogP contribution in [-0.4, -0.2) is 40.9 Å². The van der Waals surface area contributed by atoms with E-state index in [9.17, 15) is 4.79 Å². The maximum Gasteiger partial charge on any atom is 0.235 e. The van der Waals surface area contributed by atoms with Crippen LogP contribution in [0.3, 0.4) is 0 Å². The summed E-state index contributed by atoms with van der Waals surface area (Å²) in [6, 6.07) is 0. The van der Waals surface area contributed by atoms with E-state index in [1.807, 2.05) is 4.90 Å². The average molecular weight is 203 g/mol. The number of amides is 1. The monoisotopic (exact) mass is 203 g/mol. The predicted octanol–water partition coefficient (Wildman–Crippen LogP) is 0.536. The Balaban J connectivity index is 2.36. The Bertz CT molecular complexity index is 176. The Kier molecular flexibility index (Phi) is 4.06. The van der Waals surface area contributed by atoms with Crippen LogP contribution in [-0.2, 0) is 4.79 Å². The normalized spacial score (nSPS) is 21.6. The molecule has 4 heteroatoms. The predicted molar refractivity (Wildman–Crippen MR) is 54.8 cm³/mol. The van der Waals surface area contributed by atoms with Crippen LogP contribution in [0.15, 0.2) is 0 Å². The van der Waals surface area contributed by atoms with Crippen LogP contribution in [0.2, 0.25) is 0 Å². The molecule has 1 heterocycles. The number of carbonyl (C=O) groups excluding carboxylic acids is 1. The van der Waals surface area contributed by atoms with Gasteiger partial charge >= 0.3 is 0 Å². The van der Waals surface area contributed by atoms with E-state index in [1.165, 1.54) is 0 Å². The van der Waals surface area contributed by atoms with Crippen molar-refractivity contribution in [3.8, 4) is 0 Å². The zero-order valence-electron chi connectivity index (χ0n) is 7.94. The second-order valence-corrected chi connectivity index (χ2v) is 4.40. The third-order valence-corrected chi connectivity index (χ3v) is 2.76. The van der Waals surface area contributed by atoms with Crippen molar-refractivity contribution in [2.45, 2.75) is 25.0 Å². The Labute approximate surface area is 84.5 Å². The molecule has 3 nitrogen and oxygen atoms in total. The molecule has 1 aliphatic heterocycles. The number of rotatable bonds is 2. The van der Waals surface area contributed by atoms with E-state index in [4.69, 9.17) is 5.11 Å².